The summed E-state index contributed by atoms with van der Waals surface area (Å²) >= 11 is 0. The minimum absolute atomic E-state index is 0. The Morgan fingerprint density at radius 3 is 1.61 bits per heavy atom. The molecule has 0 aliphatic carbocycles. The van der Waals surface area contributed by atoms with Crippen LogP contribution in [-0.4, -0.2) is 82.5 Å². The van der Waals surface area contributed by atoms with Gasteiger partial charge in [0, 0.05) is 24.4 Å². The van der Waals surface area contributed by atoms with Gasteiger partial charge in [0.15, 0.2) is 10.1 Å². The van der Waals surface area contributed by atoms with Crippen molar-refractivity contribution < 1.29 is 26.4 Å². The summed E-state index contributed by atoms with van der Waals surface area (Å²) in [5, 5.41) is 18.0. The quantitative estimate of drug-likeness (QED) is 0.169. The second kappa shape index (κ2) is 15.9. The summed E-state index contributed by atoms with van der Waals surface area (Å²) in [6, 6.07) is 27.8. The number of aromatic amines is 2. The Morgan fingerprint density at radius 2 is 1.18 bits per heavy atom. The lowest BCUT2D eigenvalue weighted by Gasteiger charge is -2.15. The molecule has 12 nitrogen and oxygen atoms in total. The molecule has 0 bridgehead atoms. The van der Waals surface area contributed by atoms with Gasteiger partial charge in [-0.15, -0.1) is 0 Å². The van der Waals surface area contributed by atoms with Gasteiger partial charge in [-0.3, -0.25) is 10.2 Å². The zero-order valence-corrected chi connectivity index (χ0v) is 28.3. The molecule has 0 fully saturated rings. The maximum absolute atomic E-state index is 12.9. The van der Waals surface area contributed by atoms with Crippen molar-refractivity contribution in [3.05, 3.63) is 108 Å². The predicted octanol–water partition coefficient (Wildman–Crippen LogP) is 5.43. The summed E-state index contributed by atoms with van der Waals surface area (Å²) in [7, 11) is -2.42. The van der Waals surface area contributed by atoms with Crippen molar-refractivity contribution in [2.24, 2.45) is 0 Å². The highest BCUT2D eigenvalue weighted by molar-refractivity contribution is 7.92. The van der Waals surface area contributed by atoms with Crippen LogP contribution in [0.1, 0.15) is 18.6 Å². The number of methoxy groups -OCH3 is 1. The van der Waals surface area contributed by atoms with Crippen molar-refractivity contribution in [3.63, 3.8) is 0 Å². The number of nitrogens with one attached hydrogen (secondary N) is 3. The molecule has 6 aromatic rings. The molecule has 0 saturated heterocycles. The fourth-order valence-electron chi connectivity index (χ4n) is 5.04. The molecule has 1 amide bonds. The van der Waals surface area contributed by atoms with Gasteiger partial charge in [-0.1, -0.05) is 56.0 Å². The average Bonchev–Trinajstić information content (AvgIpc) is 3.75. The number of fused-ring (bicyclic) bond motifs is 2. The van der Waals surface area contributed by atoms with E-state index in [9.17, 15) is 21.6 Å². The molecule has 6 rings (SSSR count). The van der Waals surface area contributed by atoms with Gasteiger partial charge in [0.1, 0.15) is 0 Å². The molecule has 0 aliphatic heterocycles. The van der Waals surface area contributed by atoms with Crippen molar-refractivity contribution in [1.82, 2.24) is 30.6 Å². The number of benzene rings is 4. The Kier molecular flexibility index (Phi) is 11.9. The molecule has 0 aliphatic rings. The number of nitrogens with zero attached hydrogens (tertiary/aromatic N) is 3. The van der Waals surface area contributed by atoms with Gasteiger partial charge in [-0.2, -0.15) is 10.2 Å². The third-order valence-corrected chi connectivity index (χ3v) is 11.2. The molecule has 0 atom stereocenters. The minimum atomic E-state index is -3.69. The van der Waals surface area contributed by atoms with Crippen molar-refractivity contribution in [2.45, 2.75) is 40.1 Å². The molecule has 258 valence electrons. The van der Waals surface area contributed by atoms with E-state index in [-0.39, 0.29) is 27.3 Å². The van der Waals surface area contributed by atoms with E-state index in [1.54, 1.807) is 79.8 Å². The molecule has 4 aromatic carbocycles. The van der Waals surface area contributed by atoms with Crippen molar-refractivity contribution >= 4 is 47.6 Å². The number of carbonyl (C=O) groups is 1. The van der Waals surface area contributed by atoms with E-state index in [0.29, 0.717) is 34.8 Å². The topological polar surface area (TPSA) is 167 Å². The zero-order chi connectivity index (χ0) is 34.3. The highest BCUT2D eigenvalue weighted by Crippen LogP contribution is 2.28. The molecular weight excluding hydrogens is 665 g/mol. The second-order valence-electron chi connectivity index (χ2n) is 10.9. The van der Waals surface area contributed by atoms with Crippen LogP contribution in [0.25, 0.3) is 21.8 Å². The van der Waals surface area contributed by atoms with Crippen LogP contribution in [0.4, 0.5) is 4.79 Å². The number of hydrogen-bond donors (Lipinski definition) is 3. The number of likely N-dealkylation sites (N-methyl/N-ethyl adjacent to an activating group) is 2. The summed E-state index contributed by atoms with van der Waals surface area (Å²) in [4.78, 5) is 13.4. The van der Waals surface area contributed by atoms with Crippen LogP contribution in [0, 0.1) is 0 Å². The Bertz CT molecular complexity index is 2240. The number of ether oxygens (including phenoxy) is 1. The lowest BCUT2D eigenvalue weighted by atomic mass is 10.1. The summed E-state index contributed by atoms with van der Waals surface area (Å²) in [5.41, 5.74) is 3.21. The zero-order valence-electron chi connectivity index (χ0n) is 26.7. The van der Waals surface area contributed by atoms with Crippen LogP contribution >= 0.6 is 0 Å². The molecule has 0 unspecified atom stereocenters. The Labute approximate surface area is 286 Å². The van der Waals surface area contributed by atoms with Crippen LogP contribution in [0.3, 0.4) is 0 Å². The van der Waals surface area contributed by atoms with E-state index in [1.807, 2.05) is 31.3 Å². The lowest BCUT2D eigenvalue weighted by Crippen LogP contribution is -2.28. The van der Waals surface area contributed by atoms with Gasteiger partial charge in [-0.05, 0) is 86.1 Å². The number of amides is 1. The highest BCUT2D eigenvalue weighted by atomic mass is 32.2. The monoisotopic (exact) mass is 704 g/mol. The van der Waals surface area contributed by atoms with Gasteiger partial charge < -0.3 is 15.0 Å². The standard InChI is InChI=1S/C18H19N3O4S.C16H17N3O2S.CH4/c1-21(18(22)25-2)11-10-13-8-9-16-15(12-13)17(20-19-16)26(23,24)14-6-4-3-5-7-14;1-17-10-9-12-7-8-15-14(11-12)16(19-18-15)22(20,21)13-5-3-2-4-6-13;/h3-9,12H,10-11H2,1-2H3,(H,19,20);2-8,11,17H,9-10H2,1H3,(H,18,19);1H4. The van der Waals surface area contributed by atoms with E-state index in [1.165, 1.54) is 12.0 Å². The van der Waals surface area contributed by atoms with Crippen LogP contribution < -0.4 is 5.32 Å². The van der Waals surface area contributed by atoms with Gasteiger partial charge in [0.05, 0.1) is 27.9 Å². The molecule has 3 N–H and O–H groups in total. The Balaban J connectivity index is 0.000000219. The summed E-state index contributed by atoms with van der Waals surface area (Å²) in [6.07, 6.45) is 0.988. The highest BCUT2D eigenvalue weighted by Gasteiger charge is 2.24. The van der Waals surface area contributed by atoms with E-state index >= 15 is 0 Å². The fraction of sp³-hybridized carbons (Fsp3) is 0.229. The Hall–Kier alpha value is -5.05. The molecule has 0 radical (unpaired) electrons. The lowest BCUT2D eigenvalue weighted by molar-refractivity contribution is 0.134. The van der Waals surface area contributed by atoms with Crippen molar-refractivity contribution in [3.8, 4) is 0 Å². The van der Waals surface area contributed by atoms with E-state index in [2.05, 4.69) is 30.4 Å². The largest absolute Gasteiger partial charge is 0.453 e. The van der Waals surface area contributed by atoms with Crippen molar-refractivity contribution in [2.75, 3.05) is 34.3 Å². The number of carbonyl (C=O) groups excluding carboxylic acids is 1. The van der Waals surface area contributed by atoms with E-state index in [0.717, 1.165) is 24.1 Å². The summed E-state index contributed by atoms with van der Waals surface area (Å²) < 4.78 is 55.9. The first-order valence-corrected chi connectivity index (χ1v) is 18.0. The molecule has 0 saturated carbocycles. The molecule has 2 heterocycles. The number of hydrogen-bond acceptors (Lipinski definition) is 9. The van der Waals surface area contributed by atoms with E-state index < -0.39 is 25.8 Å². The minimum Gasteiger partial charge on any atom is -0.453 e. The predicted molar refractivity (Wildman–Crippen MR) is 189 cm³/mol. The van der Waals surface area contributed by atoms with Gasteiger partial charge in [-0.25, -0.2) is 21.6 Å². The molecule has 14 heteroatoms. The number of rotatable bonds is 10. The smallest absolute Gasteiger partial charge is 0.409 e. The van der Waals surface area contributed by atoms with Crippen LogP contribution in [-0.2, 0) is 37.3 Å². The normalized spacial score (nSPS) is 11.4. The third kappa shape index (κ3) is 8.16. The van der Waals surface area contributed by atoms with E-state index in [4.69, 9.17) is 0 Å². The first-order valence-electron chi connectivity index (χ1n) is 15.0. The first-order chi connectivity index (χ1) is 23.1. The number of aromatic nitrogens is 4. The maximum Gasteiger partial charge on any atom is 0.409 e. The van der Waals surface area contributed by atoms with Crippen molar-refractivity contribution in [1.29, 1.82) is 0 Å². The van der Waals surface area contributed by atoms with Gasteiger partial charge in [0.25, 0.3) is 0 Å². The summed E-state index contributed by atoms with van der Waals surface area (Å²) in [5.74, 6) is 0. The Morgan fingerprint density at radius 1 is 0.735 bits per heavy atom. The second-order valence-corrected chi connectivity index (χ2v) is 14.7. The van der Waals surface area contributed by atoms with Gasteiger partial charge >= 0.3 is 6.09 Å². The molecular formula is C35H40N6O6S2. The van der Waals surface area contributed by atoms with Crippen LogP contribution in [0.5, 0.6) is 0 Å². The first kappa shape index (κ1) is 36.8. The number of sulfone groups is 2. The molecule has 0 spiro atoms. The van der Waals surface area contributed by atoms with Crippen LogP contribution in [0.2, 0.25) is 0 Å². The average molecular weight is 705 g/mol. The fourth-order valence-corrected chi connectivity index (χ4v) is 7.78. The molecule has 2 aromatic heterocycles. The van der Waals surface area contributed by atoms with Gasteiger partial charge in [0.2, 0.25) is 19.7 Å². The number of H-pyrrole nitrogens is 2. The summed E-state index contributed by atoms with van der Waals surface area (Å²) in [6.45, 7) is 1.29. The van der Waals surface area contributed by atoms with Crippen LogP contribution in [0.15, 0.2) is 117 Å². The maximum atomic E-state index is 12.9. The third-order valence-electron chi connectivity index (χ3n) is 7.70. The molecule has 49 heavy (non-hydrogen) atoms. The SMILES string of the molecule is C.CNCCc1ccc2n[nH]c(S(=O)(=O)c3ccccc3)c2c1.COC(=O)N(C)CCc1ccc2n[nH]c(S(=O)(=O)c3ccccc3)c2c1.